The van der Waals surface area contributed by atoms with Crippen LogP contribution in [0.1, 0.15) is 47.6 Å². The standard InChI is InChI=1S/C13H15N3O/c1-8-15-13(16-17-8)12(14)11-4-2-3-10(7-11)9-5-6-9/h2-4,7,9,12H,5-6,14H2,1H3. The molecule has 0 radical (unpaired) electrons. The van der Waals surface area contributed by atoms with Crippen molar-refractivity contribution in [1.29, 1.82) is 0 Å². The summed E-state index contributed by atoms with van der Waals surface area (Å²) >= 11 is 0. The Hall–Kier alpha value is -1.68. The second-order valence-corrected chi connectivity index (χ2v) is 4.59. The predicted molar refractivity (Wildman–Crippen MR) is 63.5 cm³/mol. The molecule has 1 heterocycles. The van der Waals surface area contributed by atoms with Crippen molar-refractivity contribution in [2.75, 3.05) is 0 Å². The fourth-order valence-electron chi connectivity index (χ4n) is 2.01. The number of nitrogens with two attached hydrogens (primary N) is 1. The van der Waals surface area contributed by atoms with Gasteiger partial charge in [0.15, 0.2) is 5.82 Å². The second-order valence-electron chi connectivity index (χ2n) is 4.59. The number of nitrogens with zero attached hydrogens (tertiary/aromatic N) is 2. The third-order valence-corrected chi connectivity index (χ3v) is 3.14. The predicted octanol–water partition coefficient (Wildman–Crippen LogP) is 2.30. The summed E-state index contributed by atoms with van der Waals surface area (Å²) in [5, 5.41) is 3.87. The molecule has 2 aromatic rings. The molecule has 0 spiro atoms. The lowest BCUT2D eigenvalue weighted by Gasteiger charge is -2.09. The quantitative estimate of drug-likeness (QED) is 0.877. The van der Waals surface area contributed by atoms with E-state index in [1.807, 2.05) is 6.07 Å². The topological polar surface area (TPSA) is 64.9 Å². The second kappa shape index (κ2) is 3.96. The summed E-state index contributed by atoms with van der Waals surface area (Å²) in [5.74, 6) is 1.83. The van der Waals surface area contributed by atoms with E-state index in [-0.39, 0.29) is 6.04 Å². The summed E-state index contributed by atoms with van der Waals surface area (Å²) in [6.45, 7) is 1.77. The van der Waals surface area contributed by atoms with Gasteiger partial charge in [-0.3, -0.25) is 0 Å². The van der Waals surface area contributed by atoms with Crippen LogP contribution in [0, 0.1) is 6.92 Å². The van der Waals surface area contributed by atoms with Crippen LogP contribution in [0.3, 0.4) is 0 Å². The molecule has 0 saturated heterocycles. The summed E-state index contributed by atoms with van der Waals surface area (Å²) in [6.07, 6.45) is 2.58. The molecule has 88 valence electrons. The molecule has 3 rings (SSSR count). The number of aryl methyl sites for hydroxylation is 1. The van der Waals surface area contributed by atoms with Gasteiger partial charge in [0.2, 0.25) is 5.89 Å². The molecule has 0 bridgehead atoms. The maximum absolute atomic E-state index is 6.13. The SMILES string of the molecule is Cc1nc(C(N)c2cccc(C3CC3)c2)no1. The van der Waals surface area contributed by atoms with Gasteiger partial charge in [0, 0.05) is 6.92 Å². The molecule has 1 aliphatic rings. The van der Waals surface area contributed by atoms with Gasteiger partial charge in [-0.2, -0.15) is 4.98 Å². The average molecular weight is 229 g/mol. The first-order valence-electron chi connectivity index (χ1n) is 5.89. The van der Waals surface area contributed by atoms with Crippen molar-refractivity contribution in [3.63, 3.8) is 0 Å². The molecule has 4 nitrogen and oxygen atoms in total. The van der Waals surface area contributed by atoms with Crippen molar-refractivity contribution < 1.29 is 4.52 Å². The average Bonchev–Trinajstić information content (AvgIpc) is 3.11. The summed E-state index contributed by atoms with van der Waals surface area (Å²) < 4.78 is 4.96. The third-order valence-electron chi connectivity index (χ3n) is 3.14. The van der Waals surface area contributed by atoms with Crippen LogP contribution >= 0.6 is 0 Å². The van der Waals surface area contributed by atoms with E-state index in [1.54, 1.807) is 6.92 Å². The normalized spacial score (nSPS) is 17.1. The van der Waals surface area contributed by atoms with Crippen molar-refractivity contribution in [3.05, 3.63) is 47.1 Å². The fraction of sp³-hybridized carbons (Fsp3) is 0.385. The molecule has 0 amide bonds. The van der Waals surface area contributed by atoms with Gasteiger partial charge in [-0.15, -0.1) is 0 Å². The Bertz CT molecular complexity index is 531. The van der Waals surface area contributed by atoms with Gasteiger partial charge in [-0.1, -0.05) is 29.4 Å². The Morgan fingerprint density at radius 3 is 2.88 bits per heavy atom. The lowest BCUT2D eigenvalue weighted by Crippen LogP contribution is -2.13. The minimum absolute atomic E-state index is 0.300. The first-order chi connectivity index (χ1) is 8.24. The van der Waals surface area contributed by atoms with Gasteiger partial charge < -0.3 is 10.3 Å². The van der Waals surface area contributed by atoms with E-state index in [4.69, 9.17) is 10.3 Å². The molecule has 2 N–H and O–H groups in total. The summed E-state index contributed by atoms with van der Waals surface area (Å²) in [4.78, 5) is 4.17. The summed E-state index contributed by atoms with van der Waals surface area (Å²) in [7, 11) is 0. The number of hydrogen-bond donors (Lipinski definition) is 1. The summed E-state index contributed by atoms with van der Waals surface area (Å²) in [6, 6.07) is 8.09. The van der Waals surface area contributed by atoms with Crippen molar-refractivity contribution in [1.82, 2.24) is 10.1 Å². The molecule has 1 unspecified atom stereocenters. The molecule has 1 aromatic heterocycles. The highest BCUT2D eigenvalue weighted by atomic mass is 16.5. The molecular formula is C13H15N3O. The molecule has 1 saturated carbocycles. The number of benzene rings is 1. The van der Waals surface area contributed by atoms with Crippen LogP contribution in [0.15, 0.2) is 28.8 Å². The van der Waals surface area contributed by atoms with E-state index in [0.717, 1.165) is 11.5 Å². The Labute approximate surface area is 99.8 Å². The van der Waals surface area contributed by atoms with E-state index in [9.17, 15) is 0 Å². The zero-order valence-corrected chi connectivity index (χ0v) is 9.76. The van der Waals surface area contributed by atoms with E-state index >= 15 is 0 Å². The molecule has 4 heteroatoms. The molecule has 0 aliphatic heterocycles. The van der Waals surface area contributed by atoms with Gasteiger partial charge >= 0.3 is 0 Å². The molecule has 1 atom stereocenters. The minimum atomic E-state index is -0.300. The zero-order valence-electron chi connectivity index (χ0n) is 9.76. The Kier molecular flexibility index (Phi) is 2.44. The molecular weight excluding hydrogens is 214 g/mol. The highest BCUT2D eigenvalue weighted by molar-refractivity contribution is 5.32. The van der Waals surface area contributed by atoms with Crippen LogP contribution in [0.5, 0.6) is 0 Å². The minimum Gasteiger partial charge on any atom is -0.340 e. The van der Waals surface area contributed by atoms with Crippen molar-refractivity contribution in [2.24, 2.45) is 5.73 Å². The highest BCUT2D eigenvalue weighted by Crippen LogP contribution is 2.40. The Balaban J connectivity index is 1.89. The van der Waals surface area contributed by atoms with Gasteiger partial charge in [0.1, 0.15) is 0 Å². The van der Waals surface area contributed by atoms with E-state index < -0.39 is 0 Å². The first-order valence-corrected chi connectivity index (χ1v) is 5.89. The molecule has 1 fully saturated rings. The van der Waals surface area contributed by atoms with Gasteiger partial charge in [0.25, 0.3) is 0 Å². The van der Waals surface area contributed by atoms with E-state index in [0.29, 0.717) is 11.7 Å². The van der Waals surface area contributed by atoms with Crippen LogP contribution in [-0.2, 0) is 0 Å². The van der Waals surface area contributed by atoms with E-state index in [2.05, 4.69) is 28.3 Å². The lowest BCUT2D eigenvalue weighted by atomic mass is 10.0. The largest absolute Gasteiger partial charge is 0.340 e. The lowest BCUT2D eigenvalue weighted by molar-refractivity contribution is 0.385. The first kappa shape index (κ1) is 10.5. The molecule has 1 aromatic carbocycles. The van der Waals surface area contributed by atoms with Gasteiger partial charge in [-0.25, -0.2) is 0 Å². The van der Waals surface area contributed by atoms with Crippen molar-refractivity contribution in [2.45, 2.75) is 31.7 Å². The van der Waals surface area contributed by atoms with Crippen LogP contribution < -0.4 is 5.73 Å². The number of hydrogen-bond acceptors (Lipinski definition) is 4. The highest BCUT2D eigenvalue weighted by Gasteiger charge is 2.24. The van der Waals surface area contributed by atoms with Crippen molar-refractivity contribution >= 4 is 0 Å². The smallest absolute Gasteiger partial charge is 0.223 e. The maximum atomic E-state index is 6.13. The summed E-state index contributed by atoms with van der Waals surface area (Å²) in [5.41, 5.74) is 8.56. The van der Waals surface area contributed by atoms with Crippen LogP contribution in [-0.4, -0.2) is 10.1 Å². The molecule has 17 heavy (non-hydrogen) atoms. The van der Waals surface area contributed by atoms with Crippen LogP contribution in [0.4, 0.5) is 0 Å². The number of aromatic nitrogens is 2. The van der Waals surface area contributed by atoms with Gasteiger partial charge in [-0.05, 0) is 29.9 Å². The Morgan fingerprint density at radius 2 is 2.24 bits per heavy atom. The fourth-order valence-corrected chi connectivity index (χ4v) is 2.01. The van der Waals surface area contributed by atoms with Crippen molar-refractivity contribution in [3.8, 4) is 0 Å². The van der Waals surface area contributed by atoms with E-state index in [1.165, 1.54) is 18.4 Å². The third kappa shape index (κ3) is 2.08. The van der Waals surface area contributed by atoms with Gasteiger partial charge in [0.05, 0.1) is 6.04 Å². The Morgan fingerprint density at radius 1 is 1.41 bits per heavy atom. The zero-order chi connectivity index (χ0) is 11.8. The monoisotopic (exact) mass is 229 g/mol. The van der Waals surface area contributed by atoms with Crippen LogP contribution in [0.25, 0.3) is 0 Å². The molecule has 1 aliphatic carbocycles. The van der Waals surface area contributed by atoms with Crippen LogP contribution in [0.2, 0.25) is 0 Å². The number of rotatable bonds is 3. The maximum Gasteiger partial charge on any atom is 0.223 e.